The highest BCUT2D eigenvalue weighted by Gasteiger charge is 2.46. The van der Waals surface area contributed by atoms with Gasteiger partial charge in [0.2, 0.25) is 17.5 Å². The number of aromatic nitrogens is 2. The van der Waals surface area contributed by atoms with Crippen LogP contribution >= 0.6 is 11.6 Å². The minimum atomic E-state index is -0.966. The number of carbonyl (C=O) groups is 5. The van der Waals surface area contributed by atoms with Gasteiger partial charge in [0, 0.05) is 79.6 Å². The van der Waals surface area contributed by atoms with E-state index < -0.39 is 29.7 Å². The Balaban J connectivity index is 0.755. The molecule has 0 saturated carbocycles. The molecule has 0 aliphatic carbocycles. The van der Waals surface area contributed by atoms with Crippen molar-refractivity contribution < 1.29 is 24.0 Å². The molecule has 0 radical (unpaired) electrons. The highest BCUT2D eigenvalue weighted by molar-refractivity contribution is 6.33. The number of hydrogen-bond donors (Lipinski definition) is 1. The van der Waals surface area contributed by atoms with Crippen molar-refractivity contribution in [3.63, 3.8) is 0 Å². The third-order valence-electron chi connectivity index (χ3n) is 12.6. The van der Waals surface area contributed by atoms with Crippen LogP contribution in [0.3, 0.4) is 0 Å². The van der Waals surface area contributed by atoms with E-state index in [4.69, 9.17) is 23.3 Å². The summed E-state index contributed by atoms with van der Waals surface area (Å²) < 4.78 is 1.96. The summed E-state index contributed by atoms with van der Waals surface area (Å²) >= 11 is 6.31. The van der Waals surface area contributed by atoms with Gasteiger partial charge in [0.05, 0.1) is 29.9 Å². The third-order valence-corrected chi connectivity index (χ3v) is 12.9. The predicted molar refractivity (Wildman–Crippen MR) is 211 cm³/mol. The molecule has 1 unspecified atom stereocenters. The summed E-state index contributed by atoms with van der Waals surface area (Å²) in [6, 6.07) is 16.6. The molecule has 9 rings (SSSR count). The lowest BCUT2D eigenvalue weighted by atomic mass is 9.96. The van der Waals surface area contributed by atoms with Crippen molar-refractivity contribution in [3.05, 3.63) is 116 Å². The fourth-order valence-corrected chi connectivity index (χ4v) is 9.24. The SMILES string of the molecule is [C-]#[N+]c1ccc(-c2nn(Cc3ccc(C(=O)N4CCC(N5CC(N6Cc7cc8c(cc7C6)C(=O)N(C6CCC(=O)NC6=O)C8=O)C5)CC4)cc3)c(C)c2C)cc1Cl. The highest BCUT2D eigenvalue weighted by atomic mass is 35.5. The van der Waals surface area contributed by atoms with Gasteiger partial charge in [0.1, 0.15) is 6.04 Å². The predicted octanol–water partition coefficient (Wildman–Crippen LogP) is 5.13. The Hall–Kier alpha value is -5.68. The first-order chi connectivity index (χ1) is 27.5. The van der Waals surface area contributed by atoms with Crippen LogP contribution in [0, 0.1) is 20.4 Å². The molecule has 1 N–H and O–H groups in total. The van der Waals surface area contributed by atoms with Crippen LogP contribution in [0.4, 0.5) is 5.69 Å². The van der Waals surface area contributed by atoms with Crippen molar-refractivity contribution in [1.82, 2.24) is 34.7 Å². The number of nitrogens with one attached hydrogen (secondary N) is 1. The normalized spacial score (nSPS) is 20.4. The van der Waals surface area contributed by atoms with Gasteiger partial charge in [-0.1, -0.05) is 35.9 Å². The Morgan fingerprint density at radius 3 is 2.16 bits per heavy atom. The molecule has 0 spiro atoms. The van der Waals surface area contributed by atoms with E-state index in [1.54, 1.807) is 12.1 Å². The Kier molecular flexibility index (Phi) is 9.30. The van der Waals surface area contributed by atoms with Gasteiger partial charge in [-0.15, -0.1) is 0 Å². The van der Waals surface area contributed by atoms with Gasteiger partial charge < -0.3 is 4.90 Å². The Morgan fingerprint density at radius 1 is 0.877 bits per heavy atom. The van der Waals surface area contributed by atoms with Gasteiger partial charge in [-0.25, -0.2) is 4.85 Å². The second kappa shape index (κ2) is 14.4. The molecule has 3 fully saturated rings. The standard InChI is InChI=1S/C43H41ClN8O5/c1-24-25(2)51(47-39(24)28-8-9-36(45-3)35(44)18-28)19-26-4-6-27(7-5-26)41(55)48-14-12-31(13-15-48)50-22-32(23-50)49-20-29-16-33-34(17-30(29)21-49)43(57)52(42(33)56)37-10-11-38(53)46-40(37)54/h4-9,16-18,31-32,37H,10-15,19-23H2,1-2H3,(H,46,53,54). The molecule has 5 aliphatic rings. The van der Waals surface area contributed by atoms with Crippen LogP contribution in [0.2, 0.25) is 5.02 Å². The molecule has 5 aliphatic heterocycles. The number of nitrogens with zero attached hydrogens (tertiary/aromatic N) is 7. The molecule has 3 aromatic carbocycles. The van der Waals surface area contributed by atoms with Gasteiger partial charge in [0.15, 0.2) is 0 Å². The second-order valence-corrected chi connectivity index (χ2v) is 16.2. The van der Waals surface area contributed by atoms with E-state index in [0.29, 0.717) is 72.2 Å². The largest absolute Gasteiger partial charge is 0.339 e. The lowest BCUT2D eigenvalue weighted by Gasteiger charge is -2.50. The summed E-state index contributed by atoms with van der Waals surface area (Å²) in [6.45, 7) is 16.6. The Morgan fingerprint density at radius 2 is 1.54 bits per heavy atom. The number of likely N-dealkylation sites (tertiary alicyclic amines) is 2. The van der Waals surface area contributed by atoms with Gasteiger partial charge in [-0.05, 0) is 85.7 Å². The molecular weight excluding hydrogens is 744 g/mol. The molecular formula is C43H41ClN8O5. The van der Waals surface area contributed by atoms with E-state index in [1.807, 2.05) is 65.9 Å². The summed E-state index contributed by atoms with van der Waals surface area (Å²) in [5, 5.41) is 7.52. The molecule has 1 atom stereocenters. The second-order valence-electron chi connectivity index (χ2n) is 15.8. The third kappa shape index (κ3) is 6.51. The number of carbonyl (C=O) groups excluding carboxylic acids is 5. The molecule has 13 nitrogen and oxygen atoms in total. The van der Waals surface area contributed by atoms with E-state index in [2.05, 4.69) is 20.0 Å². The number of rotatable bonds is 7. The first-order valence-electron chi connectivity index (χ1n) is 19.4. The van der Waals surface area contributed by atoms with Crippen LogP contribution in [-0.2, 0) is 29.2 Å². The van der Waals surface area contributed by atoms with Gasteiger partial charge in [0.25, 0.3) is 17.7 Å². The smallest absolute Gasteiger partial charge is 0.262 e. The highest BCUT2D eigenvalue weighted by Crippen LogP contribution is 2.37. The topological polar surface area (TPSA) is 133 Å². The summed E-state index contributed by atoms with van der Waals surface area (Å²) in [4.78, 5) is 75.6. The number of halogens is 1. The van der Waals surface area contributed by atoms with Crippen molar-refractivity contribution >= 4 is 46.8 Å². The van der Waals surface area contributed by atoms with Crippen LogP contribution in [0.5, 0.6) is 0 Å². The summed E-state index contributed by atoms with van der Waals surface area (Å²) in [6.07, 6.45) is 2.08. The average Bonchev–Trinajstić information content (AvgIpc) is 3.80. The molecule has 0 bridgehead atoms. The van der Waals surface area contributed by atoms with Crippen LogP contribution in [0.25, 0.3) is 16.1 Å². The van der Waals surface area contributed by atoms with Gasteiger partial charge in [-0.2, -0.15) is 5.10 Å². The number of imide groups is 2. The zero-order valence-electron chi connectivity index (χ0n) is 31.8. The lowest BCUT2D eigenvalue weighted by molar-refractivity contribution is -0.136. The van der Waals surface area contributed by atoms with Crippen molar-refractivity contribution in [2.24, 2.45) is 0 Å². The number of hydrogen-bond acceptors (Lipinski definition) is 8. The maximum Gasteiger partial charge on any atom is 0.262 e. The Bertz CT molecular complexity index is 2380. The van der Waals surface area contributed by atoms with Crippen LogP contribution in [0.15, 0.2) is 54.6 Å². The monoisotopic (exact) mass is 784 g/mol. The maximum atomic E-state index is 13.5. The van der Waals surface area contributed by atoms with Gasteiger partial charge in [-0.3, -0.25) is 48.7 Å². The molecule has 4 aromatic rings. The van der Waals surface area contributed by atoms with Crippen molar-refractivity contribution in [2.75, 3.05) is 26.2 Å². The number of benzene rings is 3. The summed E-state index contributed by atoms with van der Waals surface area (Å²) in [5.74, 6) is -1.88. The van der Waals surface area contributed by atoms with E-state index >= 15 is 0 Å². The fourth-order valence-electron chi connectivity index (χ4n) is 9.02. The van der Waals surface area contributed by atoms with Crippen molar-refractivity contribution in [3.8, 4) is 11.3 Å². The van der Waals surface area contributed by atoms with Crippen LogP contribution < -0.4 is 5.32 Å². The minimum Gasteiger partial charge on any atom is -0.339 e. The fraction of sp³-hybridized carbons (Fsp3) is 0.372. The van der Waals surface area contributed by atoms with Crippen molar-refractivity contribution in [2.45, 2.75) is 77.3 Å². The molecule has 14 heteroatoms. The average molecular weight is 785 g/mol. The first-order valence-corrected chi connectivity index (χ1v) is 19.8. The minimum absolute atomic E-state index is 0.0496. The number of amides is 5. The van der Waals surface area contributed by atoms with Crippen LogP contribution in [-0.4, -0.2) is 103 Å². The summed E-state index contributed by atoms with van der Waals surface area (Å²) in [7, 11) is 0. The first kappa shape index (κ1) is 36.9. The zero-order valence-corrected chi connectivity index (χ0v) is 32.5. The maximum absolute atomic E-state index is 13.5. The Labute approximate surface area is 335 Å². The number of piperidine rings is 2. The van der Waals surface area contributed by atoms with E-state index in [0.717, 1.165) is 70.0 Å². The lowest BCUT2D eigenvalue weighted by Crippen LogP contribution is -2.62. The molecule has 6 heterocycles. The number of fused-ring (bicyclic) bond motifs is 2. The van der Waals surface area contributed by atoms with E-state index in [9.17, 15) is 24.0 Å². The van der Waals surface area contributed by atoms with Gasteiger partial charge >= 0.3 is 0 Å². The molecule has 5 amide bonds. The molecule has 290 valence electrons. The zero-order chi connectivity index (χ0) is 39.7. The molecule has 3 saturated heterocycles. The van der Waals surface area contributed by atoms with E-state index in [1.165, 1.54) is 0 Å². The molecule has 1 aromatic heterocycles. The van der Waals surface area contributed by atoms with Crippen LogP contribution in [0.1, 0.15) is 84.7 Å². The molecule has 57 heavy (non-hydrogen) atoms. The van der Waals surface area contributed by atoms with E-state index in [-0.39, 0.29) is 18.7 Å². The summed E-state index contributed by atoms with van der Waals surface area (Å²) in [5.41, 5.74) is 8.66. The van der Waals surface area contributed by atoms with Crippen molar-refractivity contribution in [1.29, 1.82) is 0 Å². The quantitative estimate of drug-likeness (QED) is 0.202.